The molecule has 0 saturated heterocycles. The summed E-state index contributed by atoms with van der Waals surface area (Å²) in [6.45, 7) is 5.19. The average Bonchev–Trinajstić information content (AvgIpc) is 3.22. The van der Waals surface area contributed by atoms with Crippen molar-refractivity contribution in [2.75, 3.05) is 74.4 Å². The molecule has 0 fully saturated rings. The Hall–Kier alpha value is -5.99. The van der Waals surface area contributed by atoms with Crippen molar-refractivity contribution in [1.82, 2.24) is 10.6 Å². The molecule has 0 aliphatic heterocycles. The molecule has 0 aliphatic carbocycles. The minimum Gasteiger partial charge on any atom is -0.378 e. The number of pyridine rings is 1. The van der Waals surface area contributed by atoms with Crippen LogP contribution in [-0.2, 0) is 16.1 Å². The number of carbonyl (C=O) groups is 2. The van der Waals surface area contributed by atoms with Gasteiger partial charge in [0.15, 0.2) is 6.20 Å². The molecule has 1 heterocycles. The lowest BCUT2D eigenvalue weighted by molar-refractivity contribution is -0.658. The Balaban J connectivity index is 1.00. The molecule has 5 rings (SSSR count). The summed E-state index contributed by atoms with van der Waals surface area (Å²) in [4.78, 5) is 29.6. The highest BCUT2D eigenvalue weighted by atomic mass is 33.1. The zero-order valence-electron chi connectivity index (χ0n) is 32.8. The summed E-state index contributed by atoms with van der Waals surface area (Å²) in [6.07, 6.45) is 5.33. The monoisotopic (exact) mass is 801 g/mol. The zero-order valence-corrected chi connectivity index (χ0v) is 34.4. The van der Waals surface area contributed by atoms with Crippen LogP contribution < -0.4 is 30.3 Å². The van der Waals surface area contributed by atoms with Gasteiger partial charge in [0.05, 0.1) is 29.0 Å². The number of hydrogen-bond donors (Lipinski definition) is 3. The van der Waals surface area contributed by atoms with Crippen LogP contribution in [0.2, 0.25) is 0 Å². The number of hydrogen-bond acceptors (Lipinski definition) is 11. The van der Waals surface area contributed by atoms with Crippen LogP contribution in [0.3, 0.4) is 0 Å². The molecule has 0 saturated carbocycles. The topological polar surface area (TPSA) is 130 Å². The number of nitrogens with one attached hydrogen (secondary N) is 3. The van der Waals surface area contributed by atoms with Crippen LogP contribution in [0.5, 0.6) is 0 Å². The Morgan fingerprint density at radius 1 is 0.719 bits per heavy atom. The van der Waals surface area contributed by atoms with E-state index in [9.17, 15) is 9.59 Å². The van der Waals surface area contributed by atoms with Crippen molar-refractivity contribution in [1.29, 1.82) is 0 Å². The molecule has 1 aromatic heterocycles. The number of amides is 2. The van der Waals surface area contributed by atoms with E-state index >= 15 is 0 Å². The van der Waals surface area contributed by atoms with Gasteiger partial charge in [0.1, 0.15) is 5.69 Å². The number of rotatable bonds is 20. The Kier molecular flexibility index (Phi) is 16.2. The minimum absolute atomic E-state index is 0.0717. The predicted molar refractivity (Wildman–Crippen MR) is 238 cm³/mol. The highest BCUT2D eigenvalue weighted by Gasteiger charge is 2.16. The molecule has 0 spiro atoms. The fourth-order valence-corrected chi connectivity index (χ4v) is 7.35. The van der Waals surface area contributed by atoms with Gasteiger partial charge in [-0.25, -0.2) is 0 Å². The lowest BCUT2D eigenvalue weighted by Gasteiger charge is -2.12. The molecule has 12 nitrogen and oxygen atoms in total. The van der Waals surface area contributed by atoms with E-state index in [0.717, 1.165) is 62.1 Å². The molecular weight excluding hydrogens is 753 g/mol. The Morgan fingerprint density at radius 3 is 1.96 bits per heavy atom. The van der Waals surface area contributed by atoms with Gasteiger partial charge in [-0.3, -0.25) is 9.59 Å². The smallest absolute Gasteiger partial charge is 0.286 e. The number of azo groups is 2. The lowest BCUT2D eigenvalue weighted by Crippen LogP contribution is -2.43. The fraction of sp³-hybridized carbons (Fsp3) is 0.233. The van der Waals surface area contributed by atoms with Crippen molar-refractivity contribution in [2.24, 2.45) is 20.5 Å². The highest BCUT2D eigenvalue weighted by Crippen LogP contribution is 2.29. The van der Waals surface area contributed by atoms with Crippen molar-refractivity contribution in [2.45, 2.75) is 6.54 Å². The maximum atomic E-state index is 12.8. The number of para-hydroxylation sites is 2. The molecule has 2 amide bonds. The number of allylic oxidation sites excluding steroid dienone is 2. The van der Waals surface area contributed by atoms with E-state index in [1.807, 2.05) is 152 Å². The van der Waals surface area contributed by atoms with Crippen LogP contribution in [0.1, 0.15) is 5.56 Å². The molecular formula is C43H49N10O2S2+. The number of anilines is 3. The second kappa shape index (κ2) is 21.9. The fourth-order valence-electron chi connectivity index (χ4n) is 5.53. The van der Waals surface area contributed by atoms with Gasteiger partial charge in [0.2, 0.25) is 18.0 Å². The Bertz CT molecular complexity index is 2200. The second-order valence-electron chi connectivity index (χ2n) is 13.1. The minimum atomic E-state index is -0.115. The van der Waals surface area contributed by atoms with Gasteiger partial charge in [-0.05, 0) is 66.7 Å². The van der Waals surface area contributed by atoms with E-state index in [2.05, 4.69) is 43.0 Å². The maximum Gasteiger partial charge on any atom is 0.286 e. The molecule has 0 unspecified atom stereocenters. The standard InChI is InChI=1S/C43H48N10O2S2/c1-6-11-39(49-47-32-16-20-34(21-17-32)51(2)3)36-12-7-9-14-38(36)46-30-42(54)44-25-28-56-57-29-26-45-43(55)31-53-27-24-40(37-13-8-10-15-41(37)53)50-48-33-18-22-35(23-19-33)52(4)5/h6-24,27,46H,1,25-26,28-31H2,2-5H3,(H-,44,45,54,55)/p+1/b39-11+,49-47?. The van der Waals surface area contributed by atoms with Crippen LogP contribution in [0.15, 0.2) is 149 Å². The first-order valence-corrected chi connectivity index (χ1v) is 20.9. The third kappa shape index (κ3) is 13.0. The number of aromatic nitrogens is 1. The van der Waals surface area contributed by atoms with Crippen molar-refractivity contribution >= 4 is 84.1 Å². The zero-order chi connectivity index (χ0) is 40.4. The highest BCUT2D eigenvalue weighted by molar-refractivity contribution is 8.76. The van der Waals surface area contributed by atoms with Crippen molar-refractivity contribution in [3.8, 4) is 0 Å². The first kappa shape index (κ1) is 42.2. The predicted octanol–water partition coefficient (Wildman–Crippen LogP) is 8.71. The summed E-state index contributed by atoms with van der Waals surface area (Å²) in [6, 6.07) is 33.1. The summed E-state index contributed by atoms with van der Waals surface area (Å²) in [5.74, 6) is 1.28. The van der Waals surface area contributed by atoms with Gasteiger partial charge in [0.25, 0.3) is 5.91 Å². The van der Waals surface area contributed by atoms with Gasteiger partial charge >= 0.3 is 0 Å². The second-order valence-corrected chi connectivity index (χ2v) is 15.8. The van der Waals surface area contributed by atoms with Crippen LogP contribution in [-0.4, -0.2) is 71.1 Å². The SMILES string of the molecule is C=C/C=C(/N=Nc1ccc(N(C)C)cc1)c1ccccc1NCC(=O)NCCSSCCNC(=O)C[n+]1ccc(N=Nc2ccc(N(C)C)cc2)c2ccccc21. The van der Waals surface area contributed by atoms with Crippen LogP contribution in [0, 0.1) is 0 Å². The molecule has 14 heteroatoms. The van der Waals surface area contributed by atoms with E-state index in [1.54, 1.807) is 33.7 Å². The van der Waals surface area contributed by atoms with Gasteiger partial charge in [-0.2, -0.15) is 14.8 Å². The van der Waals surface area contributed by atoms with Crippen LogP contribution in [0.4, 0.5) is 34.1 Å². The molecule has 57 heavy (non-hydrogen) atoms. The molecule has 0 radical (unpaired) electrons. The maximum absolute atomic E-state index is 12.8. The van der Waals surface area contributed by atoms with Crippen LogP contribution >= 0.6 is 21.6 Å². The molecule has 0 atom stereocenters. The van der Waals surface area contributed by atoms with Crippen LogP contribution in [0.25, 0.3) is 16.6 Å². The number of fused-ring (bicyclic) bond motifs is 1. The third-order valence-corrected chi connectivity index (χ3v) is 10.9. The molecule has 0 bridgehead atoms. The molecule has 294 valence electrons. The largest absolute Gasteiger partial charge is 0.378 e. The van der Waals surface area contributed by atoms with Gasteiger partial charge in [-0.1, -0.05) is 64.6 Å². The third-order valence-electron chi connectivity index (χ3n) is 8.51. The van der Waals surface area contributed by atoms with Gasteiger partial charge in [-0.15, -0.1) is 10.2 Å². The van der Waals surface area contributed by atoms with Crippen molar-refractivity contribution in [3.05, 3.63) is 134 Å². The summed E-state index contributed by atoms with van der Waals surface area (Å²) < 4.78 is 1.92. The first-order valence-electron chi connectivity index (χ1n) is 18.4. The van der Waals surface area contributed by atoms with E-state index in [1.165, 1.54) is 0 Å². The lowest BCUT2D eigenvalue weighted by atomic mass is 10.1. The average molecular weight is 802 g/mol. The summed E-state index contributed by atoms with van der Waals surface area (Å²) in [7, 11) is 11.3. The van der Waals surface area contributed by atoms with Crippen molar-refractivity contribution in [3.63, 3.8) is 0 Å². The van der Waals surface area contributed by atoms with E-state index in [4.69, 9.17) is 0 Å². The van der Waals surface area contributed by atoms with Crippen molar-refractivity contribution < 1.29 is 14.2 Å². The Morgan fingerprint density at radius 2 is 1.32 bits per heavy atom. The molecule has 4 aromatic carbocycles. The quantitative estimate of drug-likeness (QED) is 0.0236. The molecule has 0 aliphatic rings. The molecule has 3 N–H and O–H groups in total. The number of benzene rings is 4. The van der Waals surface area contributed by atoms with E-state index in [0.29, 0.717) is 18.8 Å². The van der Waals surface area contributed by atoms with Gasteiger partial charge in [0, 0.05) is 87.5 Å². The molecule has 5 aromatic rings. The summed E-state index contributed by atoms with van der Waals surface area (Å²) >= 11 is 0. The van der Waals surface area contributed by atoms with E-state index < -0.39 is 0 Å². The van der Waals surface area contributed by atoms with E-state index in [-0.39, 0.29) is 24.9 Å². The first-order chi connectivity index (χ1) is 27.7. The number of nitrogens with zero attached hydrogens (tertiary/aromatic N) is 7. The van der Waals surface area contributed by atoms with Gasteiger partial charge < -0.3 is 25.8 Å². The summed E-state index contributed by atoms with van der Waals surface area (Å²) in [5.41, 5.74) is 7.50. The Labute approximate surface area is 342 Å². The normalized spacial score (nSPS) is 11.5. The summed E-state index contributed by atoms with van der Waals surface area (Å²) in [5, 5.41) is 28.0. The number of carbonyl (C=O) groups excluding carboxylic acids is 2.